The third kappa shape index (κ3) is 2.72. The molecule has 1 heterocycles. The van der Waals surface area contributed by atoms with E-state index in [9.17, 15) is 13.2 Å². The zero-order valence-corrected chi connectivity index (χ0v) is 12.6. The van der Waals surface area contributed by atoms with Crippen molar-refractivity contribution in [1.29, 1.82) is 0 Å². The Hall–Kier alpha value is -1.76. The first-order chi connectivity index (χ1) is 9.10. The fraction of sp³-hybridized carbons (Fsp3) is 0.462. The maximum atomic E-state index is 11.7. The Balaban J connectivity index is 2.20. The molecule has 110 valence electrons. The molecule has 20 heavy (non-hydrogen) atoms. The van der Waals surface area contributed by atoms with E-state index in [0.29, 0.717) is 17.8 Å². The Morgan fingerprint density at radius 1 is 1.40 bits per heavy atom. The van der Waals surface area contributed by atoms with Gasteiger partial charge in [0.25, 0.3) is 0 Å². The van der Waals surface area contributed by atoms with E-state index in [1.807, 2.05) is 0 Å². The predicted molar refractivity (Wildman–Crippen MR) is 80.6 cm³/mol. The molecule has 1 aliphatic heterocycles. The molecule has 0 saturated carbocycles. The van der Waals surface area contributed by atoms with Gasteiger partial charge >= 0.3 is 0 Å². The van der Waals surface area contributed by atoms with E-state index in [1.165, 1.54) is 6.26 Å². The lowest BCUT2D eigenvalue weighted by Crippen LogP contribution is -2.38. The van der Waals surface area contributed by atoms with Crippen molar-refractivity contribution in [3.8, 4) is 0 Å². The van der Waals surface area contributed by atoms with Gasteiger partial charge in [0.2, 0.25) is 5.91 Å². The molecule has 4 N–H and O–H groups in total. The van der Waals surface area contributed by atoms with Gasteiger partial charge in [-0.05, 0) is 31.5 Å². The molecule has 0 radical (unpaired) electrons. The predicted octanol–water partition coefficient (Wildman–Crippen LogP) is 0.999. The Kier molecular flexibility index (Phi) is 3.41. The number of amides is 1. The highest BCUT2D eigenvalue weighted by Crippen LogP contribution is 2.32. The number of rotatable bonds is 4. The van der Waals surface area contributed by atoms with E-state index in [1.54, 1.807) is 26.0 Å². The summed E-state index contributed by atoms with van der Waals surface area (Å²) in [7, 11) is -3.18. The Bertz CT molecular complexity index is 666. The van der Waals surface area contributed by atoms with Crippen molar-refractivity contribution in [1.82, 2.24) is 0 Å². The molecule has 7 heteroatoms. The van der Waals surface area contributed by atoms with Gasteiger partial charge in [-0.15, -0.1) is 0 Å². The van der Waals surface area contributed by atoms with Gasteiger partial charge in [0.15, 0.2) is 9.84 Å². The third-order valence-corrected chi connectivity index (χ3v) is 5.76. The summed E-state index contributed by atoms with van der Waals surface area (Å²) < 4.78 is 22.4. The largest absolute Gasteiger partial charge is 0.397 e. The molecule has 0 bridgehead atoms. The first-order valence-corrected chi connectivity index (χ1v) is 8.15. The van der Waals surface area contributed by atoms with E-state index < -0.39 is 14.6 Å². The standard InChI is InChI=1S/C13H19N3O3S/c1-13(2,20(3,18)19)7-15-11-6-10-8(4-9(11)14)5-12(17)16-10/h4,6,15H,5,7,14H2,1-3H3,(H,16,17). The lowest BCUT2D eigenvalue weighted by molar-refractivity contribution is -0.115. The van der Waals surface area contributed by atoms with Gasteiger partial charge in [0.05, 0.1) is 22.5 Å². The number of nitrogens with two attached hydrogens (primary N) is 1. The summed E-state index contributed by atoms with van der Waals surface area (Å²) in [6.45, 7) is 3.55. The van der Waals surface area contributed by atoms with E-state index in [-0.39, 0.29) is 12.5 Å². The number of benzene rings is 1. The maximum absolute atomic E-state index is 11.7. The van der Waals surface area contributed by atoms with Crippen LogP contribution in [0.4, 0.5) is 17.1 Å². The Morgan fingerprint density at radius 2 is 2.05 bits per heavy atom. The fourth-order valence-electron chi connectivity index (χ4n) is 1.89. The second-order valence-corrected chi connectivity index (χ2v) is 8.36. The molecule has 1 aliphatic rings. The number of nitrogens with one attached hydrogen (secondary N) is 2. The van der Waals surface area contributed by atoms with Crippen LogP contribution < -0.4 is 16.4 Å². The SMILES string of the molecule is CC(C)(CNc1cc2c(cc1N)CC(=O)N2)S(C)(=O)=O. The average Bonchev–Trinajstić information content (AvgIpc) is 2.63. The van der Waals surface area contributed by atoms with Crippen molar-refractivity contribution in [3.05, 3.63) is 17.7 Å². The third-order valence-electron chi connectivity index (χ3n) is 3.61. The molecule has 0 atom stereocenters. The molecule has 0 aromatic heterocycles. The minimum atomic E-state index is -3.18. The van der Waals surface area contributed by atoms with E-state index in [4.69, 9.17) is 5.73 Å². The molecular weight excluding hydrogens is 278 g/mol. The van der Waals surface area contributed by atoms with Gasteiger partial charge in [-0.2, -0.15) is 0 Å². The molecule has 1 amide bonds. The average molecular weight is 297 g/mol. The van der Waals surface area contributed by atoms with Crippen LogP contribution >= 0.6 is 0 Å². The molecule has 0 fully saturated rings. The van der Waals surface area contributed by atoms with Crippen molar-refractivity contribution in [3.63, 3.8) is 0 Å². The van der Waals surface area contributed by atoms with E-state index >= 15 is 0 Å². The summed E-state index contributed by atoms with van der Waals surface area (Å²) in [4.78, 5) is 11.3. The van der Waals surface area contributed by atoms with Crippen LogP contribution in [0.5, 0.6) is 0 Å². The normalized spacial score (nSPS) is 14.8. The number of sulfone groups is 1. The smallest absolute Gasteiger partial charge is 0.228 e. The molecular formula is C13H19N3O3S. The number of carbonyl (C=O) groups is 1. The highest BCUT2D eigenvalue weighted by atomic mass is 32.2. The zero-order chi connectivity index (χ0) is 15.1. The van der Waals surface area contributed by atoms with Crippen molar-refractivity contribution in [2.45, 2.75) is 25.0 Å². The lowest BCUT2D eigenvalue weighted by Gasteiger charge is -2.24. The highest BCUT2D eigenvalue weighted by molar-refractivity contribution is 7.92. The van der Waals surface area contributed by atoms with Crippen LogP contribution in [0.3, 0.4) is 0 Å². The number of anilines is 3. The number of carbonyl (C=O) groups excluding carboxylic acids is 1. The second kappa shape index (κ2) is 4.66. The fourth-order valence-corrected chi connectivity index (χ4v) is 2.22. The topological polar surface area (TPSA) is 101 Å². The van der Waals surface area contributed by atoms with Crippen LogP contribution in [0.2, 0.25) is 0 Å². The van der Waals surface area contributed by atoms with Crippen LogP contribution in [-0.4, -0.2) is 31.9 Å². The quantitative estimate of drug-likeness (QED) is 0.720. The number of hydrogen-bond donors (Lipinski definition) is 3. The van der Waals surface area contributed by atoms with Gasteiger partial charge in [-0.25, -0.2) is 8.42 Å². The van der Waals surface area contributed by atoms with Crippen LogP contribution in [0, 0.1) is 0 Å². The van der Waals surface area contributed by atoms with Crippen molar-refractivity contribution in [2.24, 2.45) is 0 Å². The second-order valence-electron chi connectivity index (χ2n) is 5.71. The molecule has 0 aliphatic carbocycles. The van der Waals surface area contributed by atoms with Gasteiger partial charge in [0.1, 0.15) is 0 Å². The van der Waals surface area contributed by atoms with Crippen LogP contribution in [0.15, 0.2) is 12.1 Å². The molecule has 1 aromatic rings. The first-order valence-electron chi connectivity index (χ1n) is 6.26. The summed E-state index contributed by atoms with van der Waals surface area (Å²) in [6, 6.07) is 3.48. The zero-order valence-electron chi connectivity index (χ0n) is 11.8. The molecule has 0 spiro atoms. The Morgan fingerprint density at radius 3 is 2.65 bits per heavy atom. The van der Waals surface area contributed by atoms with Crippen LogP contribution in [0.1, 0.15) is 19.4 Å². The van der Waals surface area contributed by atoms with Gasteiger partial charge in [-0.1, -0.05) is 0 Å². The van der Waals surface area contributed by atoms with Gasteiger partial charge < -0.3 is 16.4 Å². The number of nitrogen functional groups attached to an aromatic ring is 1. The van der Waals surface area contributed by atoms with E-state index in [0.717, 1.165) is 11.3 Å². The first kappa shape index (κ1) is 14.6. The monoisotopic (exact) mass is 297 g/mol. The minimum Gasteiger partial charge on any atom is -0.397 e. The van der Waals surface area contributed by atoms with Crippen molar-refractivity contribution in [2.75, 3.05) is 29.2 Å². The molecule has 0 unspecified atom stereocenters. The molecule has 6 nitrogen and oxygen atoms in total. The summed E-state index contributed by atoms with van der Waals surface area (Å²) >= 11 is 0. The molecule has 1 aromatic carbocycles. The van der Waals surface area contributed by atoms with Crippen molar-refractivity contribution < 1.29 is 13.2 Å². The number of hydrogen-bond acceptors (Lipinski definition) is 5. The molecule has 2 rings (SSSR count). The van der Waals surface area contributed by atoms with Crippen LogP contribution in [-0.2, 0) is 21.1 Å². The molecule has 0 saturated heterocycles. The summed E-state index contributed by atoms with van der Waals surface area (Å²) in [6.07, 6.45) is 1.54. The Labute approximate surface area is 118 Å². The lowest BCUT2D eigenvalue weighted by atomic mass is 10.1. The van der Waals surface area contributed by atoms with Gasteiger partial charge in [0, 0.05) is 18.5 Å². The highest BCUT2D eigenvalue weighted by Gasteiger charge is 2.30. The summed E-state index contributed by atoms with van der Waals surface area (Å²) in [5.41, 5.74) is 8.65. The van der Waals surface area contributed by atoms with Crippen molar-refractivity contribution >= 4 is 32.8 Å². The number of fused-ring (bicyclic) bond motifs is 1. The summed E-state index contributed by atoms with van der Waals surface area (Å²) in [5.74, 6) is -0.0620. The summed E-state index contributed by atoms with van der Waals surface area (Å²) in [5, 5.41) is 5.79. The minimum absolute atomic E-state index is 0.0620. The van der Waals surface area contributed by atoms with Gasteiger partial charge in [-0.3, -0.25) is 4.79 Å². The van der Waals surface area contributed by atoms with Crippen LogP contribution in [0.25, 0.3) is 0 Å². The van der Waals surface area contributed by atoms with E-state index in [2.05, 4.69) is 10.6 Å². The maximum Gasteiger partial charge on any atom is 0.228 e.